The van der Waals surface area contributed by atoms with E-state index in [4.69, 9.17) is 0 Å². The Morgan fingerprint density at radius 1 is 1.33 bits per heavy atom. The minimum Gasteiger partial charge on any atom is -0.332 e. The van der Waals surface area contributed by atoms with Gasteiger partial charge in [-0.15, -0.1) is 0 Å². The highest BCUT2D eigenvalue weighted by Crippen LogP contribution is 2.33. The zero-order valence-corrected chi connectivity index (χ0v) is 13.1. The van der Waals surface area contributed by atoms with Gasteiger partial charge in [-0.1, -0.05) is 46.1 Å². The number of unbranched alkanes of at least 4 members (excludes halogenated alkanes) is 3. The van der Waals surface area contributed by atoms with Gasteiger partial charge in [0, 0.05) is 17.0 Å². The van der Waals surface area contributed by atoms with Gasteiger partial charge in [0.15, 0.2) is 0 Å². The minimum atomic E-state index is 0.401. The van der Waals surface area contributed by atoms with Crippen LogP contribution in [0.4, 0.5) is 0 Å². The van der Waals surface area contributed by atoms with E-state index in [1.165, 1.54) is 44.9 Å². The van der Waals surface area contributed by atoms with Gasteiger partial charge in [0.05, 0.1) is 0 Å². The molecule has 0 aromatic heterocycles. The molecule has 0 spiro atoms. The van der Waals surface area contributed by atoms with Gasteiger partial charge < -0.3 is 10.0 Å². The second kappa shape index (κ2) is 8.87. The lowest BCUT2D eigenvalue weighted by atomic mass is 9.93. The maximum atomic E-state index is 4.20. The van der Waals surface area contributed by atoms with Crippen LogP contribution in [-0.4, -0.2) is 18.3 Å². The fraction of sp³-hybridized carbons (Fsp3) is 0.867. The fourth-order valence-electron chi connectivity index (χ4n) is 2.27. The SMILES string of the molecule is C=C(NSC1CC1)C(NC)[C@@H](C)CCCCCC. The van der Waals surface area contributed by atoms with Gasteiger partial charge in [-0.3, -0.25) is 0 Å². The average molecular weight is 270 g/mol. The monoisotopic (exact) mass is 270 g/mol. The number of hydrogen-bond acceptors (Lipinski definition) is 3. The summed E-state index contributed by atoms with van der Waals surface area (Å²) in [6.07, 6.45) is 9.41. The van der Waals surface area contributed by atoms with Crippen molar-refractivity contribution in [2.75, 3.05) is 7.05 Å². The van der Waals surface area contributed by atoms with Crippen molar-refractivity contribution >= 4 is 11.9 Å². The summed E-state index contributed by atoms with van der Waals surface area (Å²) in [5, 5.41) is 4.24. The molecule has 0 aromatic rings. The second-order valence-electron chi connectivity index (χ2n) is 5.54. The highest BCUT2D eigenvalue weighted by molar-refractivity contribution is 7.98. The van der Waals surface area contributed by atoms with Crippen LogP contribution in [0, 0.1) is 5.92 Å². The number of rotatable bonds is 11. The summed E-state index contributed by atoms with van der Waals surface area (Å²) in [6, 6.07) is 0.401. The van der Waals surface area contributed by atoms with Crippen LogP contribution in [-0.2, 0) is 0 Å². The van der Waals surface area contributed by atoms with Crippen LogP contribution in [0.2, 0.25) is 0 Å². The molecule has 1 aliphatic carbocycles. The zero-order chi connectivity index (χ0) is 13.4. The van der Waals surface area contributed by atoms with Crippen LogP contribution < -0.4 is 10.0 Å². The molecule has 0 saturated heterocycles. The lowest BCUT2D eigenvalue weighted by Crippen LogP contribution is -2.37. The van der Waals surface area contributed by atoms with E-state index in [1.807, 2.05) is 19.0 Å². The molecule has 2 N–H and O–H groups in total. The molecular formula is C15H30N2S. The van der Waals surface area contributed by atoms with Crippen LogP contribution in [0.3, 0.4) is 0 Å². The number of likely N-dealkylation sites (N-methyl/N-ethyl adjacent to an activating group) is 1. The van der Waals surface area contributed by atoms with Crippen molar-refractivity contribution in [1.29, 1.82) is 0 Å². The van der Waals surface area contributed by atoms with E-state index in [1.54, 1.807) is 0 Å². The molecular weight excluding hydrogens is 240 g/mol. The van der Waals surface area contributed by atoms with Gasteiger partial charge in [-0.25, -0.2) is 0 Å². The van der Waals surface area contributed by atoms with Crippen molar-refractivity contribution in [1.82, 2.24) is 10.0 Å². The van der Waals surface area contributed by atoms with Crippen molar-refractivity contribution in [3.8, 4) is 0 Å². The van der Waals surface area contributed by atoms with E-state index in [-0.39, 0.29) is 0 Å². The zero-order valence-electron chi connectivity index (χ0n) is 12.3. The summed E-state index contributed by atoms with van der Waals surface area (Å²) >= 11 is 1.85. The predicted octanol–water partition coefficient (Wildman–Crippen LogP) is 4.09. The van der Waals surface area contributed by atoms with Crippen LogP contribution in [0.5, 0.6) is 0 Å². The Morgan fingerprint density at radius 2 is 2.06 bits per heavy atom. The molecule has 1 fully saturated rings. The van der Waals surface area contributed by atoms with Crippen LogP contribution in [0.15, 0.2) is 12.3 Å². The number of nitrogens with one attached hydrogen (secondary N) is 2. The van der Waals surface area contributed by atoms with Gasteiger partial charge in [-0.05, 0) is 44.2 Å². The summed E-state index contributed by atoms with van der Waals surface area (Å²) in [5.74, 6) is 0.659. The summed E-state index contributed by atoms with van der Waals surface area (Å²) < 4.78 is 3.44. The highest BCUT2D eigenvalue weighted by Gasteiger charge is 2.24. The molecule has 106 valence electrons. The topological polar surface area (TPSA) is 24.1 Å². The Bertz CT molecular complexity index is 239. The standard InChI is InChI=1S/C15H30N2S/c1-5-6-7-8-9-12(2)15(16-4)13(3)17-18-14-10-11-14/h12,14-17H,3,5-11H2,1-2,4H3/t12-,15?/m0/s1. The molecule has 3 heteroatoms. The summed E-state index contributed by atoms with van der Waals surface area (Å²) in [4.78, 5) is 0. The third-order valence-corrected chi connectivity index (χ3v) is 4.83. The molecule has 0 bridgehead atoms. The first-order valence-electron chi connectivity index (χ1n) is 7.46. The lowest BCUT2D eigenvalue weighted by molar-refractivity contribution is 0.395. The first-order chi connectivity index (χ1) is 8.69. The molecule has 0 aromatic carbocycles. The predicted molar refractivity (Wildman–Crippen MR) is 83.7 cm³/mol. The van der Waals surface area contributed by atoms with Crippen molar-refractivity contribution in [2.45, 2.75) is 70.1 Å². The molecule has 1 unspecified atom stereocenters. The van der Waals surface area contributed by atoms with Gasteiger partial charge >= 0.3 is 0 Å². The van der Waals surface area contributed by atoms with Gasteiger partial charge in [-0.2, -0.15) is 0 Å². The molecule has 1 saturated carbocycles. The summed E-state index contributed by atoms with van der Waals surface area (Å²) in [5.41, 5.74) is 1.15. The molecule has 0 radical (unpaired) electrons. The molecule has 0 heterocycles. The fourth-order valence-corrected chi connectivity index (χ4v) is 3.09. The minimum absolute atomic E-state index is 0.401. The third-order valence-electron chi connectivity index (χ3n) is 3.65. The quantitative estimate of drug-likeness (QED) is 0.437. The normalized spacial score (nSPS) is 18.4. The van der Waals surface area contributed by atoms with E-state index >= 15 is 0 Å². The Labute approximate surface area is 118 Å². The van der Waals surface area contributed by atoms with E-state index in [0.29, 0.717) is 12.0 Å². The average Bonchev–Trinajstić information content (AvgIpc) is 3.17. The summed E-state index contributed by atoms with van der Waals surface area (Å²) in [7, 11) is 2.04. The molecule has 0 amide bonds. The van der Waals surface area contributed by atoms with Gasteiger partial charge in [0.25, 0.3) is 0 Å². The first-order valence-corrected chi connectivity index (χ1v) is 8.34. The number of hydrogen-bond donors (Lipinski definition) is 2. The molecule has 2 atom stereocenters. The lowest BCUT2D eigenvalue weighted by Gasteiger charge is -2.26. The van der Waals surface area contributed by atoms with Crippen molar-refractivity contribution in [2.24, 2.45) is 5.92 Å². The third kappa shape index (κ3) is 6.14. The maximum absolute atomic E-state index is 4.20. The smallest absolute Gasteiger partial charge is 0.0495 e. The van der Waals surface area contributed by atoms with E-state index < -0.39 is 0 Å². The van der Waals surface area contributed by atoms with Crippen molar-refractivity contribution in [3.05, 3.63) is 12.3 Å². The largest absolute Gasteiger partial charge is 0.332 e. The van der Waals surface area contributed by atoms with Crippen LogP contribution in [0.1, 0.15) is 58.8 Å². The van der Waals surface area contributed by atoms with E-state index in [9.17, 15) is 0 Å². The van der Waals surface area contributed by atoms with Gasteiger partial charge in [0.2, 0.25) is 0 Å². The van der Waals surface area contributed by atoms with Crippen molar-refractivity contribution < 1.29 is 0 Å². The second-order valence-corrected chi connectivity index (χ2v) is 6.64. The Kier molecular flexibility index (Phi) is 7.84. The Hall–Kier alpha value is -0.150. The highest BCUT2D eigenvalue weighted by atomic mass is 32.2. The summed E-state index contributed by atoms with van der Waals surface area (Å²) in [6.45, 7) is 8.80. The Balaban J connectivity index is 2.21. The maximum Gasteiger partial charge on any atom is 0.0495 e. The van der Waals surface area contributed by atoms with Crippen molar-refractivity contribution in [3.63, 3.8) is 0 Å². The first kappa shape index (κ1) is 15.9. The Morgan fingerprint density at radius 3 is 2.61 bits per heavy atom. The molecule has 1 aliphatic rings. The van der Waals surface area contributed by atoms with E-state index in [2.05, 4.69) is 30.5 Å². The van der Waals surface area contributed by atoms with Crippen LogP contribution in [0.25, 0.3) is 0 Å². The molecule has 18 heavy (non-hydrogen) atoms. The van der Waals surface area contributed by atoms with E-state index in [0.717, 1.165) is 10.9 Å². The molecule has 0 aliphatic heterocycles. The molecule has 2 nitrogen and oxygen atoms in total. The molecule has 1 rings (SSSR count). The van der Waals surface area contributed by atoms with Gasteiger partial charge in [0.1, 0.15) is 0 Å². The van der Waals surface area contributed by atoms with Crippen LogP contribution >= 0.6 is 11.9 Å².